The molecule has 0 unspecified atom stereocenters. The van der Waals surface area contributed by atoms with E-state index < -0.39 is 59.6 Å². The minimum atomic E-state index is -1.50. The van der Waals surface area contributed by atoms with Crippen LogP contribution in [0.2, 0.25) is 0 Å². The van der Waals surface area contributed by atoms with Crippen LogP contribution in [-0.4, -0.2) is 88.6 Å². The number of aliphatic hydroxyl groups excluding tert-OH is 1. The van der Waals surface area contributed by atoms with Gasteiger partial charge < -0.3 is 29.3 Å². The van der Waals surface area contributed by atoms with Gasteiger partial charge in [0.05, 0.1) is 24.6 Å². The van der Waals surface area contributed by atoms with Crippen LogP contribution < -0.4 is 4.90 Å². The van der Waals surface area contributed by atoms with Crippen molar-refractivity contribution in [2.24, 2.45) is 17.8 Å². The highest BCUT2D eigenvalue weighted by atomic mass is 79.9. The number of aryl methyl sites for hydroxylation is 2. The van der Waals surface area contributed by atoms with E-state index in [1.807, 2.05) is 95.3 Å². The number of likely N-dealkylation sites (N-methyl/N-ethyl adjacent to an activating group) is 1. The number of amides is 3. The number of nitrogens with zero attached hydrogens (tertiary/aromatic N) is 3. The number of ether oxygens (including phenoxy) is 2. The van der Waals surface area contributed by atoms with E-state index in [1.165, 1.54) is 4.90 Å². The smallest absolute Gasteiger partial charge is 0.313 e. The zero-order chi connectivity index (χ0) is 36.1. The first-order chi connectivity index (χ1) is 23.8. The number of rotatable bonds is 5. The van der Waals surface area contributed by atoms with Gasteiger partial charge in [0.2, 0.25) is 11.8 Å². The molecule has 0 radical (unpaired) electrons. The average molecular weight is 749 g/mol. The fourth-order valence-electron chi connectivity index (χ4n) is 8.05. The first-order valence-electron chi connectivity index (χ1n) is 17.4. The standard InChI is InChI=1S/C39H46BrN3O7/c1-22(2)29(21-44)43-35-37(47)42(28-19-23(3)16-17-24(28)4)18-12-8-11-15-30(45)41(6)25(5)33(26-13-9-7-10-14-26)49-38(48)31-32(36(43)46)39(35)20-27(40)34(31)50-39/h7-10,12-14,16-17,19-20,22,25,29,31-35,44H,11,15,18,21H2,1-6H3/b12-8-/t25-,29+,31+,32-,33+,34+,35+,39-/m1/s1. The lowest BCUT2D eigenvalue weighted by molar-refractivity contribution is -0.164. The summed E-state index contributed by atoms with van der Waals surface area (Å²) in [6.07, 6.45) is 4.49. The Kier molecular flexibility index (Phi) is 10.1. The number of hydrogen-bond donors (Lipinski definition) is 1. The second-order valence-electron chi connectivity index (χ2n) is 14.3. The van der Waals surface area contributed by atoms with Crippen molar-refractivity contribution in [1.29, 1.82) is 0 Å². The Labute approximate surface area is 302 Å². The maximum Gasteiger partial charge on any atom is 0.313 e. The SMILES string of the molecule is Cc1ccc(C)c(N2C/C=C\CCC(=O)N(C)[C@H](C)[C@@H](c3ccccc3)OC(=O)[C@@H]3[C@H]4O[C@@]5(C=C4Br)[C@H](C2=O)N([C@@H](CO)C(C)C)C(=O)[C@@H]35)c1. The van der Waals surface area contributed by atoms with Crippen LogP contribution in [-0.2, 0) is 28.7 Å². The number of halogens is 1. The van der Waals surface area contributed by atoms with Gasteiger partial charge in [-0.25, -0.2) is 0 Å². The summed E-state index contributed by atoms with van der Waals surface area (Å²) in [5.41, 5.74) is 1.70. The van der Waals surface area contributed by atoms with Crippen molar-refractivity contribution in [3.05, 3.63) is 87.9 Å². The van der Waals surface area contributed by atoms with Gasteiger partial charge in [-0.05, 0) is 61.9 Å². The van der Waals surface area contributed by atoms with Crippen molar-refractivity contribution in [3.63, 3.8) is 0 Å². The van der Waals surface area contributed by atoms with Gasteiger partial charge in [-0.2, -0.15) is 0 Å². The fourth-order valence-corrected chi connectivity index (χ4v) is 8.79. The van der Waals surface area contributed by atoms with E-state index in [2.05, 4.69) is 15.9 Å². The summed E-state index contributed by atoms with van der Waals surface area (Å²) in [5, 5.41) is 10.7. The minimum absolute atomic E-state index is 0.118. The van der Waals surface area contributed by atoms with Gasteiger partial charge >= 0.3 is 5.97 Å². The lowest BCUT2D eigenvalue weighted by Gasteiger charge is -2.40. The van der Waals surface area contributed by atoms with Gasteiger partial charge in [0.15, 0.2) is 0 Å². The summed E-state index contributed by atoms with van der Waals surface area (Å²) in [4.78, 5) is 62.8. The van der Waals surface area contributed by atoms with Gasteiger partial charge in [0.1, 0.15) is 29.8 Å². The number of likely N-dealkylation sites (tertiary alicyclic amines) is 1. The molecular formula is C39H46BrN3O7. The van der Waals surface area contributed by atoms with Crippen LogP contribution in [0.3, 0.4) is 0 Å². The number of allylic oxidation sites excluding steroid dienone is 1. The molecule has 1 N–H and O–H groups in total. The zero-order valence-corrected chi connectivity index (χ0v) is 31.0. The minimum Gasteiger partial charge on any atom is -0.455 e. The number of carbonyl (C=O) groups excluding carboxylic acids is 4. The number of hydrogen-bond acceptors (Lipinski definition) is 7. The van der Waals surface area contributed by atoms with E-state index in [4.69, 9.17) is 9.47 Å². The molecule has 2 saturated heterocycles. The van der Waals surface area contributed by atoms with Crippen LogP contribution >= 0.6 is 15.9 Å². The number of anilines is 1. The molecule has 2 aromatic carbocycles. The fraction of sp³-hybridized carbons (Fsp3) is 0.487. The Morgan fingerprint density at radius 1 is 1.00 bits per heavy atom. The van der Waals surface area contributed by atoms with Gasteiger partial charge in [0, 0.05) is 30.2 Å². The first kappa shape index (κ1) is 36.0. The van der Waals surface area contributed by atoms with E-state index in [1.54, 1.807) is 22.9 Å². The summed E-state index contributed by atoms with van der Waals surface area (Å²) >= 11 is 3.63. The third kappa shape index (κ3) is 6.01. The largest absolute Gasteiger partial charge is 0.455 e. The van der Waals surface area contributed by atoms with Crippen LogP contribution in [0.25, 0.3) is 0 Å². The van der Waals surface area contributed by atoms with Crippen LogP contribution in [0.1, 0.15) is 56.4 Å². The third-order valence-corrected chi connectivity index (χ3v) is 11.6. The predicted octanol–water partition coefficient (Wildman–Crippen LogP) is 5.01. The second-order valence-corrected chi connectivity index (χ2v) is 15.2. The number of aliphatic hydroxyl groups is 1. The highest BCUT2D eigenvalue weighted by Gasteiger charge is 2.75. The van der Waals surface area contributed by atoms with E-state index in [0.29, 0.717) is 22.2 Å². The van der Waals surface area contributed by atoms with Crippen molar-refractivity contribution in [1.82, 2.24) is 9.80 Å². The van der Waals surface area contributed by atoms with Gasteiger partial charge in [-0.15, -0.1) is 0 Å². The molecule has 3 amide bonds. The normalized spacial score (nSPS) is 31.6. The average Bonchev–Trinajstić information content (AvgIpc) is 3.69. The first-order valence-corrected chi connectivity index (χ1v) is 18.2. The molecule has 8 atom stereocenters. The third-order valence-electron chi connectivity index (χ3n) is 10.9. The molecule has 10 nitrogen and oxygen atoms in total. The van der Waals surface area contributed by atoms with Crippen LogP contribution in [0.15, 0.2) is 71.2 Å². The van der Waals surface area contributed by atoms with Crippen LogP contribution in [0.4, 0.5) is 5.69 Å². The molecule has 50 heavy (non-hydrogen) atoms. The monoisotopic (exact) mass is 747 g/mol. The Morgan fingerprint density at radius 2 is 1.72 bits per heavy atom. The number of carbonyl (C=O) groups is 4. The quantitative estimate of drug-likeness (QED) is 0.338. The molecule has 4 aliphatic heterocycles. The maximum absolute atomic E-state index is 15.3. The van der Waals surface area contributed by atoms with Gasteiger partial charge in [-0.1, -0.05) is 84.4 Å². The number of esters is 1. The van der Waals surface area contributed by atoms with Crippen LogP contribution in [0, 0.1) is 31.6 Å². The Morgan fingerprint density at radius 3 is 2.40 bits per heavy atom. The molecule has 0 aliphatic carbocycles. The molecule has 0 saturated carbocycles. The molecule has 4 heterocycles. The highest BCUT2D eigenvalue weighted by molar-refractivity contribution is 9.11. The molecule has 5 bridgehead atoms. The Balaban J connectivity index is 1.53. The molecule has 4 aliphatic rings. The lowest BCUT2D eigenvalue weighted by Crippen LogP contribution is -2.59. The summed E-state index contributed by atoms with van der Waals surface area (Å²) in [7, 11) is 1.70. The molecule has 6 rings (SSSR count). The maximum atomic E-state index is 15.3. The van der Waals surface area contributed by atoms with Crippen molar-refractivity contribution in [2.45, 2.75) is 83.4 Å². The number of cyclic esters (lactones) is 1. The summed E-state index contributed by atoms with van der Waals surface area (Å²) in [6, 6.07) is 12.7. The van der Waals surface area contributed by atoms with E-state index in [9.17, 15) is 19.5 Å². The van der Waals surface area contributed by atoms with E-state index in [-0.39, 0.29) is 37.3 Å². The van der Waals surface area contributed by atoms with Crippen molar-refractivity contribution >= 4 is 45.3 Å². The molecule has 2 aromatic rings. The Bertz CT molecular complexity index is 1730. The van der Waals surface area contributed by atoms with E-state index >= 15 is 4.79 Å². The highest BCUT2D eigenvalue weighted by Crippen LogP contribution is 2.59. The topological polar surface area (TPSA) is 117 Å². The second kappa shape index (κ2) is 14.1. The summed E-state index contributed by atoms with van der Waals surface area (Å²) in [6.45, 7) is 9.30. The van der Waals surface area contributed by atoms with Crippen molar-refractivity contribution < 1.29 is 33.8 Å². The van der Waals surface area contributed by atoms with E-state index in [0.717, 1.165) is 11.1 Å². The zero-order valence-electron chi connectivity index (χ0n) is 29.4. The van der Waals surface area contributed by atoms with Gasteiger partial charge in [-0.3, -0.25) is 19.2 Å². The summed E-state index contributed by atoms with van der Waals surface area (Å²) in [5.74, 6) is -3.98. The Hall–Kier alpha value is -3.80. The predicted molar refractivity (Wildman–Crippen MR) is 192 cm³/mol. The molecular weight excluding hydrogens is 702 g/mol. The number of benzene rings is 2. The summed E-state index contributed by atoms with van der Waals surface area (Å²) < 4.78 is 13.6. The molecule has 2 fully saturated rings. The van der Waals surface area contributed by atoms with Gasteiger partial charge in [0.25, 0.3) is 5.91 Å². The molecule has 1 spiro atoms. The van der Waals surface area contributed by atoms with Crippen molar-refractivity contribution in [2.75, 3.05) is 25.1 Å². The molecule has 11 heteroatoms. The van der Waals surface area contributed by atoms with Crippen molar-refractivity contribution in [3.8, 4) is 0 Å². The molecule has 266 valence electrons. The van der Waals surface area contributed by atoms with Crippen LogP contribution in [0.5, 0.6) is 0 Å². The number of fused-ring (bicyclic) bond motifs is 2. The lowest BCUT2D eigenvalue weighted by atomic mass is 9.74. The molecule has 0 aromatic heterocycles.